The van der Waals surface area contributed by atoms with Gasteiger partial charge in [0.15, 0.2) is 0 Å². The van der Waals surface area contributed by atoms with Gasteiger partial charge in [0.05, 0.1) is 11.4 Å². The second kappa shape index (κ2) is 9.24. The summed E-state index contributed by atoms with van der Waals surface area (Å²) in [5.74, 6) is -0.387. The number of rotatable bonds is 7. The molecule has 0 aromatic heterocycles. The van der Waals surface area contributed by atoms with Crippen LogP contribution in [0, 0.1) is 20.8 Å². The van der Waals surface area contributed by atoms with Gasteiger partial charge in [-0.15, -0.1) is 0 Å². The molecular weight excluding hydrogens is 396 g/mol. The SMILES string of the molecule is Cc1ccc(CN(CC(=O)Nc2ccc(C)cc2)S(=O)(=O)c2ccc(C)cc2)cc1. The van der Waals surface area contributed by atoms with Gasteiger partial charge in [0.2, 0.25) is 15.9 Å². The number of amides is 1. The monoisotopic (exact) mass is 422 g/mol. The molecule has 0 aliphatic rings. The Kier molecular flexibility index (Phi) is 6.70. The number of sulfonamides is 1. The Morgan fingerprint density at radius 3 is 1.77 bits per heavy atom. The highest BCUT2D eigenvalue weighted by Gasteiger charge is 2.27. The fourth-order valence-corrected chi connectivity index (χ4v) is 4.36. The Labute approximate surface area is 178 Å². The first-order chi connectivity index (χ1) is 14.2. The van der Waals surface area contributed by atoms with E-state index in [4.69, 9.17) is 0 Å². The summed E-state index contributed by atoms with van der Waals surface area (Å²) in [4.78, 5) is 12.8. The van der Waals surface area contributed by atoms with E-state index in [2.05, 4.69) is 5.32 Å². The number of aryl methyl sites for hydroxylation is 3. The van der Waals surface area contributed by atoms with Gasteiger partial charge in [-0.1, -0.05) is 65.2 Å². The molecule has 30 heavy (non-hydrogen) atoms. The van der Waals surface area contributed by atoms with Crippen LogP contribution >= 0.6 is 0 Å². The van der Waals surface area contributed by atoms with Crippen molar-refractivity contribution in [3.63, 3.8) is 0 Å². The van der Waals surface area contributed by atoms with E-state index in [0.29, 0.717) is 5.69 Å². The minimum Gasteiger partial charge on any atom is -0.325 e. The highest BCUT2D eigenvalue weighted by atomic mass is 32.2. The third kappa shape index (κ3) is 5.55. The number of nitrogens with zero attached hydrogens (tertiary/aromatic N) is 1. The van der Waals surface area contributed by atoms with Crippen molar-refractivity contribution in [3.05, 3.63) is 95.1 Å². The van der Waals surface area contributed by atoms with Crippen molar-refractivity contribution in [2.75, 3.05) is 11.9 Å². The molecule has 0 atom stereocenters. The van der Waals surface area contributed by atoms with Crippen LogP contribution in [0.3, 0.4) is 0 Å². The average molecular weight is 423 g/mol. The molecule has 156 valence electrons. The van der Waals surface area contributed by atoms with Crippen LogP contribution in [0.1, 0.15) is 22.3 Å². The molecule has 1 amide bonds. The third-order valence-corrected chi connectivity index (χ3v) is 6.60. The summed E-state index contributed by atoms with van der Waals surface area (Å²) in [6.07, 6.45) is 0. The zero-order valence-electron chi connectivity index (χ0n) is 17.4. The van der Waals surface area contributed by atoms with Crippen LogP contribution in [0.2, 0.25) is 0 Å². The first kappa shape index (κ1) is 21.7. The maximum atomic E-state index is 13.3. The number of carbonyl (C=O) groups excluding carboxylic acids is 1. The quantitative estimate of drug-likeness (QED) is 0.612. The zero-order chi connectivity index (χ0) is 21.7. The van der Waals surface area contributed by atoms with Crippen molar-refractivity contribution < 1.29 is 13.2 Å². The molecular formula is C24H26N2O3S. The Morgan fingerprint density at radius 2 is 1.23 bits per heavy atom. The second-order valence-corrected chi connectivity index (χ2v) is 9.42. The van der Waals surface area contributed by atoms with Gasteiger partial charge in [-0.2, -0.15) is 4.31 Å². The first-order valence-corrected chi connectivity index (χ1v) is 11.2. The molecule has 1 N–H and O–H groups in total. The normalized spacial score (nSPS) is 11.5. The lowest BCUT2D eigenvalue weighted by Gasteiger charge is -2.22. The summed E-state index contributed by atoms with van der Waals surface area (Å²) in [5.41, 5.74) is 4.59. The molecule has 3 rings (SSSR count). The molecule has 3 aromatic carbocycles. The summed E-state index contributed by atoms with van der Waals surface area (Å²) >= 11 is 0. The molecule has 0 saturated heterocycles. The highest BCUT2D eigenvalue weighted by molar-refractivity contribution is 7.89. The lowest BCUT2D eigenvalue weighted by Crippen LogP contribution is -2.37. The summed E-state index contributed by atoms with van der Waals surface area (Å²) in [6.45, 7) is 5.66. The summed E-state index contributed by atoms with van der Waals surface area (Å²) < 4.78 is 27.8. The van der Waals surface area contributed by atoms with E-state index in [9.17, 15) is 13.2 Å². The van der Waals surface area contributed by atoms with Gasteiger partial charge in [0, 0.05) is 12.2 Å². The van der Waals surface area contributed by atoms with Crippen molar-refractivity contribution in [3.8, 4) is 0 Å². The topological polar surface area (TPSA) is 66.5 Å². The van der Waals surface area contributed by atoms with E-state index < -0.39 is 10.0 Å². The molecule has 0 radical (unpaired) electrons. The van der Waals surface area contributed by atoms with Gasteiger partial charge in [-0.25, -0.2) is 8.42 Å². The number of nitrogens with one attached hydrogen (secondary N) is 1. The smallest absolute Gasteiger partial charge is 0.243 e. The van der Waals surface area contributed by atoms with Gasteiger partial charge >= 0.3 is 0 Å². The highest BCUT2D eigenvalue weighted by Crippen LogP contribution is 2.20. The molecule has 0 unspecified atom stereocenters. The second-order valence-electron chi connectivity index (χ2n) is 7.49. The Balaban J connectivity index is 1.86. The molecule has 0 aliphatic carbocycles. The minimum absolute atomic E-state index is 0.109. The molecule has 0 fully saturated rings. The van der Waals surface area contributed by atoms with E-state index in [1.54, 1.807) is 36.4 Å². The van der Waals surface area contributed by atoms with Crippen LogP contribution in [0.4, 0.5) is 5.69 Å². The summed E-state index contributed by atoms with van der Waals surface area (Å²) in [5, 5.41) is 2.78. The third-order valence-electron chi connectivity index (χ3n) is 4.79. The van der Waals surface area contributed by atoms with Crippen molar-refractivity contribution in [1.82, 2.24) is 4.31 Å². The van der Waals surface area contributed by atoms with Gasteiger partial charge in [-0.3, -0.25) is 4.79 Å². The molecule has 0 heterocycles. The average Bonchev–Trinajstić information content (AvgIpc) is 2.71. The van der Waals surface area contributed by atoms with E-state index in [1.165, 1.54) is 4.31 Å². The fraction of sp³-hybridized carbons (Fsp3) is 0.208. The Hall–Kier alpha value is -2.96. The predicted octanol–water partition coefficient (Wildman–Crippen LogP) is 4.44. The van der Waals surface area contributed by atoms with Crippen LogP contribution < -0.4 is 5.32 Å². The van der Waals surface area contributed by atoms with Gasteiger partial charge in [0.25, 0.3) is 0 Å². The summed E-state index contributed by atoms with van der Waals surface area (Å²) in [7, 11) is -3.85. The lowest BCUT2D eigenvalue weighted by molar-refractivity contribution is -0.116. The standard InChI is InChI=1S/C24H26N2O3S/c1-18-4-10-21(11-5-18)16-26(30(28,29)23-14-8-20(3)9-15-23)17-24(27)25-22-12-6-19(2)7-13-22/h4-15H,16-17H2,1-3H3,(H,25,27). The van der Waals surface area contributed by atoms with Crippen molar-refractivity contribution in [1.29, 1.82) is 0 Å². The maximum absolute atomic E-state index is 13.3. The van der Waals surface area contributed by atoms with E-state index in [-0.39, 0.29) is 23.9 Å². The number of anilines is 1. The van der Waals surface area contributed by atoms with Crippen LogP contribution in [0.25, 0.3) is 0 Å². The molecule has 0 bridgehead atoms. The summed E-state index contributed by atoms with van der Waals surface area (Å²) in [6, 6.07) is 21.7. The fourth-order valence-electron chi connectivity index (χ4n) is 2.98. The number of carbonyl (C=O) groups is 1. The van der Waals surface area contributed by atoms with Crippen LogP contribution in [0.5, 0.6) is 0 Å². The lowest BCUT2D eigenvalue weighted by atomic mass is 10.1. The number of hydrogen-bond acceptors (Lipinski definition) is 3. The van der Waals surface area contributed by atoms with Crippen molar-refractivity contribution >= 4 is 21.6 Å². The van der Waals surface area contributed by atoms with Crippen LogP contribution in [0.15, 0.2) is 77.7 Å². The van der Waals surface area contributed by atoms with Crippen LogP contribution in [-0.4, -0.2) is 25.2 Å². The zero-order valence-corrected chi connectivity index (χ0v) is 18.2. The van der Waals surface area contributed by atoms with E-state index in [0.717, 1.165) is 22.3 Å². The van der Waals surface area contributed by atoms with Gasteiger partial charge in [-0.05, 0) is 50.6 Å². The number of benzene rings is 3. The molecule has 0 aliphatic heterocycles. The largest absolute Gasteiger partial charge is 0.325 e. The predicted molar refractivity (Wildman–Crippen MR) is 120 cm³/mol. The molecule has 6 heteroatoms. The Morgan fingerprint density at radius 1 is 0.767 bits per heavy atom. The van der Waals surface area contributed by atoms with Crippen LogP contribution in [-0.2, 0) is 21.4 Å². The first-order valence-electron chi connectivity index (χ1n) is 9.73. The van der Waals surface area contributed by atoms with E-state index in [1.807, 2.05) is 57.2 Å². The maximum Gasteiger partial charge on any atom is 0.243 e. The molecule has 3 aromatic rings. The minimum atomic E-state index is -3.85. The number of hydrogen-bond donors (Lipinski definition) is 1. The molecule has 0 spiro atoms. The van der Waals surface area contributed by atoms with Crippen molar-refractivity contribution in [2.24, 2.45) is 0 Å². The molecule has 5 nitrogen and oxygen atoms in total. The van der Waals surface area contributed by atoms with E-state index >= 15 is 0 Å². The van der Waals surface area contributed by atoms with Gasteiger partial charge < -0.3 is 5.32 Å². The molecule has 0 saturated carbocycles. The van der Waals surface area contributed by atoms with Gasteiger partial charge in [0.1, 0.15) is 0 Å². The Bertz CT molecular complexity index is 1100. The van der Waals surface area contributed by atoms with Crippen molar-refractivity contribution in [2.45, 2.75) is 32.2 Å².